The zero-order valence-electron chi connectivity index (χ0n) is 12.4. The van der Waals surface area contributed by atoms with E-state index in [1.165, 1.54) is 12.8 Å². The van der Waals surface area contributed by atoms with Crippen LogP contribution in [0.4, 0.5) is 5.69 Å². The first-order valence-corrected chi connectivity index (χ1v) is 8.16. The van der Waals surface area contributed by atoms with Crippen molar-refractivity contribution in [2.75, 3.05) is 5.32 Å². The van der Waals surface area contributed by atoms with E-state index in [0.29, 0.717) is 11.2 Å². The molecule has 0 radical (unpaired) electrons. The minimum absolute atomic E-state index is 0.505. The molecule has 1 aromatic heterocycles. The van der Waals surface area contributed by atoms with Crippen molar-refractivity contribution in [1.82, 2.24) is 9.88 Å². The molecule has 0 bridgehead atoms. The van der Waals surface area contributed by atoms with E-state index in [1.807, 2.05) is 49.5 Å². The summed E-state index contributed by atoms with van der Waals surface area (Å²) in [7, 11) is 0. The molecule has 1 aliphatic rings. The largest absolute Gasteiger partial charge is 0.340 e. The minimum atomic E-state index is 0.505. The van der Waals surface area contributed by atoms with Crippen LogP contribution in [-0.2, 0) is 6.54 Å². The van der Waals surface area contributed by atoms with Crippen molar-refractivity contribution < 1.29 is 0 Å². The third kappa shape index (κ3) is 3.57. The van der Waals surface area contributed by atoms with E-state index in [0.717, 1.165) is 28.5 Å². The topological polar surface area (TPSA) is 28.2 Å². The van der Waals surface area contributed by atoms with Crippen LogP contribution >= 0.6 is 23.8 Å². The van der Waals surface area contributed by atoms with Gasteiger partial charge in [0.05, 0.1) is 22.9 Å². The quantitative estimate of drug-likeness (QED) is 0.840. The van der Waals surface area contributed by atoms with Crippen LogP contribution in [-0.4, -0.2) is 21.0 Å². The van der Waals surface area contributed by atoms with E-state index in [9.17, 15) is 0 Å². The number of aryl methyl sites for hydroxylation is 1. The molecule has 0 saturated heterocycles. The maximum Gasteiger partial charge on any atom is 0.174 e. The molecular weight excluding hydrogens is 314 g/mol. The van der Waals surface area contributed by atoms with Gasteiger partial charge in [0.2, 0.25) is 0 Å². The maximum atomic E-state index is 6.34. The van der Waals surface area contributed by atoms with Crippen molar-refractivity contribution in [3.8, 4) is 0 Å². The predicted molar refractivity (Wildman–Crippen MR) is 95.2 cm³/mol. The van der Waals surface area contributed by atoms with Gasteiger partial charge >= 0.3 is 0 Å². The van der Waals surface area contributed by atoms with Crippen molar-refractivity contribution in [2.24, 2.45) is 0 Å². The number of hydrogen-bond acceptors (Lipinski definition) is 2. The molecule has 1 heterocycles. The summed E-state index contributed by atoms with van der Waals surface area (Å²) in [5.41, 5.74) is 2.92. The van der Waals surface area contributed by atoms with E-state index < -0.39 is 0 Å². The summed E-state index contributed by atoms with van der Waals surface area (Å²) >= 11 is 11.9. The average Bonchev–Trinajstić information content (AvgIpc) is 3.35. The number of thiocarbonyl (C=S) groups is 1. The number of nitrogens with zero attached hydrogens (tertiary/aromatic N) is 2. The van der Waals surface area contributed by atoms with Crippen LogP contribution in [0.15, 0.2) is 42.6 Å². The van der Waals surface area contributed by atoms with Crippen LogP contribution < -0.4 is 5.32 Å². The van der Waals surface area contributed by atoms with E-state index in [-0.39, 0.29) is 0 Å². The fraction of sp³-hybridized carbons (Fsp3) is 0.294. The molecule has 1 aliphatic carbocycles. The van der Waals surface area contributed by atoms with Gasteiger partial charge in [0.1, 0.15) is 0 Å². The van der Waals surface area contributed by atoms with Gasteiger partial charge in [-0.25, -0.2) is 0 Å². The third-order valence-electron chi connectivity index (χ3n) is 3.74. The van der Waals surface area contributed by atoms with Crippen molar-refractivity contribution >= 4 is 34.6 Å². The van der Waals surface area contributed by atoms with Gasteiger partial charge < -0.3 is 10.2 Å². The molecule has 22 heavy (non-hydrogen) atoms. The van der Waals surface area contributed by atoms with E-state index in [2.05, 4.69) is 15.2 Å². The summed E-state index contributed by atoms with van der Waals surface area (Å²) in [6, 6.07) is 12.4. The second-order valence-electron chi connectivity index (χ2n) is 5.55. The van der Waals surface area contributed by atoms with Crippen molar-refractivity contribution in [1.29, 1.82) is 0 Å². The molecule has 3 rings (SSSR count). The number of hydrogen-bond donors (Lipinski definition) is 1. The number of aromatic nitrogens is 1. The fourth-order valence-electron chi connectivity index (χ4n) is 2.35. The Bertz CT molecular complexity index is 671. The summed E-state index contributed by atoms with van der Waals surface area (Å²) in [6.45, 7) is 2.71. The molecular formula is C17H18ClN3S. The van der Waals surface area contributed by atoms with Crippen LogP contribution in [0, 0.1) is 6.92 Å². The van der Waals surface area contributed by atoms with E-state index >= 15 is 0 Å². The summed E-state index contributed by atoms with van der Waals surface area (Å²) in [5, 5.41) is 4.72. The van der Waals surface area contributed by atoms with Gasteiger partial charge in [0, 0.05) is 12.2 Å². The Morgan fingerprint density at radius 1 is 1.32 bits per heavy atom. The Labute approximate surface area is 141 Å². The van der Waals surface area contributed by atoms with Gasteiger partial charge in [-0.1, -0.05) is 29.8 Å². The summed E-state index contributed by atoms with van der Waals surface area (Å²) in [6.07, 6.45) is 4.17. The molecule has 0 atom stereocenters. The average molecular weight is 332 g/mol. The second-order valence-corrected chi connectivity index (χ2v) is 6.31. The molecule has 0 aliphatic heterocycles. The molecule has 1 fully saturated rings. The highest BCUT2D eigenvalue weighted by atomic mass is 35.5. The molecule has 1 saturated carbocycles. The van der Waals surface area contributed by atoms with Crippen LogP contribution in [0.2, 0.25) is 5.02 Å². The lowest BCUT2D eigenvalue weighted by Gasteiger charge is -2.26. The van der Waals surface area contributed by atoms with Crippen molar-refractivity contribution in [2.45, 2.75) is 32.4 Å². The zero-order chi connectivity index (χ0) is 15.5. The lowest BCUT2D eigenvalue weighted by atomic mass is 10.2. The first-order valence-electron chi connectivity index (χ1n) is 7.38. The first kappa shape index (κ1) is 15.3. The molecule has 1 aromatic carbocycles. The number of anilines is 1. The SMILES string of the molecule is Cc1cccc(NC(=S)N(Cc2ccccn2)C2CC2)c1Cl. The summed E-state index contributed by atoms with van der Waals surface area (Å²) in [4.78, 5) is 6.60. The highest BCUT2D eigenvalue weighted by Gasteiger charge is 2.31. The molecule has 1 N–H and O–H groups in total. The van der Waals surface area contributed by atoms with Crippen LogP contribution in [0.5, 0.6) is 0 Å². The molecule has 5 heteroatoms. The predicted octanol–water partition coefficient (Wildman–Crippen LogP) is 4.40. The molecule has 3 nitrogen and oxygen atoms in total. The van der Waals surface area contributed by atoms with Gasteiger partial charge in [-0.2, -0.15) is 0 Å². The highest BCUT2D eigenvalue weighted by molar-refractivity contribution is 7.80. The Balaban J connectivity index is 1.74. The normalized spacial score (nSPS) is 13.7. The molecule has 0 spiro atoms. The molecule has 114 valence electrons. The van der Waals surface area contributed by atoms with Crippen molar-refractivity contribution in [3.63, 3.8) is 0 Å². The number of halogens is 1. The first-order chi connectivity index (χ1) is 10.6. The van der Waals surface area contributed by atoms with Gasteiger partial charge in [-0.05, 0) is 55.7 Å². The molecule has 2 aromatic rings. The Hall–Kier alpha value is -1.65. The number of pyridine rings is 1. The molecule has 0 amide bonds. The maximum absolute atomic E-state index is 6.34. The zero-order valence-corrected chi connectivity index (χ0v) is 14.0. The van der Waals surface area contributed by atoms with Gasteiger partial charge in [0.25, 0.3) is 0 Å². The second kappa shape index (κ2) is 6.63. The van der Waals surface area contributed by atoms with Crippen LogP contribution in [0.1, 0.15) is 24.1 Å². The Kier molecular flexibility index (Phi) is 4.60. The highest BCUT2D eigenvalue weighted by Crippen LogP contribution is 2.30. The molecule has 0 unspecified atom stereocenters. The third-order valence-corrected chi connectivity index (χ3v) is 4.58. The van der Waals surface area contributed by atoms with Crippen LogP contribution in [0.3, 0.4) is 0 Å². The standard InChI is InChI=1S/C17H18ClN3S/c1-12-5-4-7-15(16(12)18)20-17(22)21(14-8-9-14)11-13-6-2-3-10-19-13/h2-7,10,14H,8-9,11H2,1H3,(H,20,22). The Morgan fingerprint density at radius 3 is 2.82 bits per heavy atom. The number of nitrogens with one attached hydrogen (secondary N) is 1. The lowest BCUT2D eigenvalue weighted by Crippen LogP contribution is -2.36. The summed E-state index contributed by atoms with van der Waals surface area (Å²) < 4.78 is 0. The number of benzene rings is 1. The van der Waals surface area contributed by atoms with Crippen LogP contribution in [0.25, 0.3) is 0 Å². The minimum Gasteiger partial charge on any atom is -0.340 e. The van der Waals surface area contributed by atoms with Gasteiger partial charge in [0.15, 0.2) is 5.11 Å². The monoisotopic (exact) mass is 331 g/mol. The summed E-state index contributed by atoms with van der Waals surface area (Å²) in [5.74, 6) is 0. The van der Waals surface area contributed by atoms with E-state index in [1.54, 1.807) is 0 Å². The van der Waals surface area contributed by atoms with E-state index in [4.69, 9.17) is 23.8 Å². The van der Waals surface area contributed by atoms with Crippen molar-refractivity contribution in [3.05, 3.63) is 58.9 Å². The Morgan fingerprint density at radius 2 is 2.14 bits per heavy atom. The fourth-order valence-corrected chi connectivity index (χ4v) is 2.85. The smallest absolute Gasteiger partial charge is 0.174 e. The number of rotatable bonds is 4. The van der Waals surface area contributed by atoms with Gasteiger partial charge in [-0.15, -0.1) is 0 Å². The lowest BCUT2D eigenvalue weighted by molar-refractivity contribution is 0.404. The van der Waals surface area contributed by atoms with Gasteiger partial charge in [-0.3, -0.25) is 4.98 Å².